The lowest BCUT2D eigenvalue weighted by atomic mass is 9.80. The van der Waals surface area contributed by atoms with Crippen LogP contribution in [0, 0.1) is 11.3 Å². The van der Waals surface area contributed by atoms with Crippen LogP contribution < -0.4 is 9.64 Å². The monoisotopic (exact) mass is 568 g/mol. The van der Waals surface area contributed by atoms with Gasteiger partial charge >= 0.3 is 6.01 Å². The van der Waals surface area contributed by atoms with E-state index >= 15 is 0 Å². The Bertz CT molecular complexity index is 1530. The highest BCUT2D eigenvalue weighted by Gasteiger charge is 2.35. The second kappa shape index (κ2) is 12.1. The van der Waals surface area contributed by atoms with Crippen molar-refractivity contribution in [3.8, 4) is 12.1 Å². The van der Waals surface area contributed by atoms with Crippen LogP contribution in [0.5, 0.6) is 6.01 Å². The molecule has 3 aromatic rings. The van der Waals surface area contributed by atoms with Crippen molar-refractivity contribution in [2.45, 2.75) is 56.5 Å². The van der Waals surface area contributed by atoms with Gasteiger partial charge < -0.3 is 19.4 Å². The number of hydrogen-bond donors (Lipinski definition) is 0. The van der Waals surface area contributed by atoms with Crippen LogP contribution in [0.1, 0.15) is 48.4 Å². The number of benzene rings is 2. The average molecular weight is 569 g/mol. The van der Waals surface area contributed by atoms with E-state index in [1.165, 1.54) is 21.2 Å². The summed E-state index contributed by atoms with van der Waals surface area (Å²) in [6, 6.07) is 17.4. The first-order valence-electron chi connectivity index (χ1n) is 14.9. The molecule has 8 nitrogen and oxygen atoms in total. The van der Waals surface area contributed by atoms with Gasteiger partial charge in [0.2, 0.25) is 0 Å². The first-order valence-corrected chi connectivity index (χ1v) is 14.9. The molecule has 6 rings (SSSR count). The molecule has 2 fully saturated rings. The molecule has 1 amide bonds. The van der Waals surface area contributed by atoms with Crippen molar-refractivity contribution >= 4 is 22.5 Å². The number of amides is 1. The maximum absolute atomic E-state index is 13.8. The molecule has 2 aliphatic heterocycles. The maximum Gasteiger partial charge on any atom is 0.318 e. The number of carbonyl (C=O) groups is 1. The van der Waals surface area contributed by atoms with Crippen molar-refractivity contribution in [3.05, 3.63) is 71.7 Å². The van der Waals surface area contributed by atoms with E-state index in [2.05, 4.69) is 72.0 Å². The van der Waals surface area contributed by atoms with Gasteiger partial charge in [-0.1, -0.05) is 49.0 Å². The fraction of sp³-hybridized carbons (Fsp3) is 0.455. The number of likely N-dealkylation sites (N-methyl/N-ethyl adjacent to an activating group) is 1. The number of ether oxygens (including phenoxy) is 1. The van der Waals surface area contributed by atoms with Crippen molar-refractivity contribution < 1.29 is 13.9 Å². The lowest BCUT2D eigenvalue weighted by molar-refractivity contribution is -0.131. The second-order valence-electron chi connectivity index (χ2n) is 11.7. The molecule has 2 aromatic carbocycles. The van der Waals surface area contributed by atoms with Gasteiger partial charge in [-0.3, -0.25) is 4.79 Å². The number of piperazine rings is 1. The third-order valence-electron chi connectivity index (χ3n) is 9.17. The molecule has 3 atom stereocenters. The molecule has 0 spiro atoms. The van der Waals surface area contributed by atoms with Crippen LogP contribution in [-0.2, 0) is 17.6 Å². The molecule has 0 radical (unpaired) electrons. The number of nitrogens with zero attached hydrogens (tertiary/aromatic N) is 6. The Labute approximate surface area is 246 Å². The minimum Gasteiger partial charge on any atom is -0.462 e. The minimum atomic E-state index is -1.00. The number of halogens is 1. The Morgan fingerprint density at radius 1 is 1.12 bits per heavy atom. The van der Waals surface area contributed by atoms with E-state index in [0.717, 1.165) is 55.7 Å². The Kier molecular flexibility index (Phi) is 8.07. The summed E-state index contributed by atoms with van der Waals surface area (Å²) in [5.41, 5.74) is 3.43. The van der Waals surface area contributed by atoms with Gasteiger partial charge in [-0.25, -0.2) is 4.39 Å². The molecule has 42 heavy (non-hydrogen) atoms. The number of aromatic nitrogens is 2. The van der Waals surface area contributed by atoms with Gasteiger partial charge in [0.25, 0.3) is 5.91 Å². The smallest absolute Gasteiger partial charge is 0.318 e. The van der Waals surface area contributed by atoms with Gasteiger partial charge in [-0.05, 0) is 68.0 Å². The molecule has 2 saturated heterocycles. The van der Waals surface area contributed by atoms with Crippen LogP contribution in [0.3, 0.4) is 0 Å². The van der Waals surface area contributed by atoms with Crippen molar-refractivity contribution in [3.63, 3.8) is 0 Å². The first-order chi connectivity index (χ1) is 20.4. The molecule has 1 unspecified atom stereocenters. The van der Waals surface area contributed by atoms with Crippen molar-refractivity contribution in [1.82, 2.24) is 19.8 Å². The van der Waals surface area contributed by atoms with Crippen molar-refractivity contribution in [2.24, 2.45) is 0 Å². The fourth-order valence-corrected chi connectivity index (χ4v) is 6.88. The zero-order valence-corrected chi connectivity index (χ0v) is 24.1. The Balaban J connectivity index is 1.32. The summed E-state index contributed by atoms with van der Waals surface area (Å²) >= 11 is 0. The predicted molar refractivity (Wildman–Crippen MR) is 160 cm³/mol. The van der Waals surface area contributed by atoms with Gasteiger partial charge in [-0.15, -0.1) is 0 Å². The number of anilines is 1. The number of hydrogen-bond acceptors (Lipinski definition) is 7. The van der Waals surface area contributed by atoms with Crippen LogP contribution in [0.4, 0.5) is 10.2 Å². The van der Waals surface area contributed by atoms with Gasteiger partial charge in [-0.2, -0.15) is 15.2 Å². The summed E-state index contributed by atoms with van der Waals surface area (Å²) in [6.45, 7) is 5.92. The molecular weight excluding hydrogens is 531 g/mol. The van der Waals surface area contributed by atoms with E-state index in [-0.39, 0.29) is 13.0 Å². The number of carbonyl (C=O) groups excluding carboxylic acids is 1. The fourth-order valence-electron chi connectivity index (χ4n) is 6.88. The van der Waals surface area contributed by atoms with E-state index in [1.807, 2.05) is 0 Å². The van der Waals surface area contributed by atoms with Crippen LogP contribution in [-0.4, -0.2) is 77.6 Å². The quantitative estimate of drug-likeness (QED) is 0.379. The summed E-state index contributed by atoms with van der Waals surface area (Å²) in [7, 11) is 2.12. The van der Waals surface area contributed by atoms with Crippen molar-refractivity contribution in [2.75, 3.05) is 44.7 Å². The van der Waals surface area contributed by atoms with Crippen LogP contribution in [0.2, 0.25) is 0 Å². The van der Waals surface area contributed by atoms with E-state index in [4.69, 9.17) is 14.7 Å². The standard InChI is InChI=1S/C33H37FN6O2/c1-22(34)32(41)40-18-17-39(20-25(40)14-15-35)31-29-13-12-24(28-11-5-8-23-7-3-4-10-27(23)28)19-30(29)36-33(37-31)42-21-26-9-6-16-38(26)2/h3-5,7-8,10-11,24-26H,1,6,9,12-14,16-21H2,2H3/t24?,25-,26-/m0/s1. The molecule has 0 N–H and O–H groups in total. The first kappa shape index (κ1) is 28.1. The van der Waals surface area contributed by atoms with Crippen LogP contribution in [0.15, 0.2) is 54.9 Å². The summed E-state index contributed by atoms with van der Waals surface area (Å²) in [4.78, 5) is 28.3. The van der Waals surface area contributed by atoms with E-state index in [9.17, 15) is 14.4 Å². The third kappa shape index (κ3) is 5.56. The number of nitriles is 1. The Hall–Kier alpha value is -4.03. The topological polar surface area (TPSA) is 85.6 Å². The third-order valence-corrected chi connectivity index (χ3v) is 9.17. The van der Waals surface area contributed by atoms with E-state index in [1.54, 1.807) is 0 Å². The van der Waals surface area contributed by atoms with Gasteiger partial charge in [0, 0.05) is 31.2 Å². The average Bonchev–Trinajstić information content (AvgIpc) is 3.43. The summed E-state index contributed by atoms with van der Waals surface area (Å²) in [5.74, 6) is -0.628. The molecule has 9 heteroatoms. The second-order valence-corrected chi connectivity index (χ2v) is 11.7. The molecule has 1 aliphatic carbocycles. The summed E-state index contributed by atoms with van der Waals surface area (Å²) in [6.07, 6.45) is 4.90. The number of fused-ring (bicyclic) bond motifs is 2. The highest BCUT2D eigenvalue weighted by Crippen LogP contribution is 2.39. The zero-order valence-electron chi connectivity index (χ0n) is 24.1. The van der Waals surface area contributed by atoms with E-state index < -0.39 is 17.8 Å². The Morgan fingerprint density at radius 2 is 1.95 bits per heavy atom. The lowest BCUT2D eigenvalue weighted by Gasteiger charge is -2.42. The van der Waals surface area contributed by atoms with E-state index in [0.29, 0.717) is 37.7 Å². The molecule has 0 bridgehead atoms. The SMILES string of the molecule is C=C(F)C(=O)N1CCN(c2nc(OC[C@@H]3CCCN3C)nc3c2CCC(c2cccc4ccccc24)C3)C[C@@H]1CC#N. The minimum absolute atomic E-state index is 0.101. The normalized spacial score (nSPS) is 22.5. The maximum atomic E-state index is 13.8. The van der Waals surface area contributed by atoms with Gasteiger partial charge in [0.05, 0.1) is 24.2 Å². The van der Waals surface area contributed by atoms with Gasteiger partial charge in [0.1, 0.15) is 12.4 Å². The summed E-state index contributed by atoms with van der Waals surface area (Å²) < 4.78 is 20.0. The van der Waals surface area contributed by atoms with Crippen molar-refractivity contribution in [1.29, 1.82) is 5.26 Å². The van der Waals surface area contributed by atoms with Gasteiger partial charge in [0.15, 0.2) is 5.83 Å². The molecule has 3 aliphatic rings. The molecule has 218 valence electrons. The Morgan fingerprint density at radius 3 is 2.74 bits per heavy atom. The molecule has 0 saturated carbocycles. The molecule has 3 heterocycles. The number of likely N-dealkylation sites (tertiary alicyclic amines) is 1. The van der Waals surface area contributed by atoms with Crippen LogP contribution in [0.25, 0.3) is 10.8 Å². The highest BCUT2D eigenvalue weighted by molar-refractivity contribution is 5.91. The largest absolute Gasteiger partial charge is 0.462 e. The predicted octanol–water partition coefficient (Wildman–Crippen LogP) is 4.79. The zero-order chi connectivity index (χ0) is 29.2. The molecule has 1 aromatic heterocycles. The number of rotatable bonds is 7. The van der Waals surface area contributed by atoms with Crippen LogP contribution >= 0.6 is 0 Å². The highest BCUT2D eigenvalue weighted by atomic mass is 19.1. The summed E-state index contributed by atoms with van der Waals surface area (Å²) in [5, 5.41) is 12.0. The molecular formula is C33H37FN6O2. The lowest BCUT2D eigenvalue weighted by Crippen LogP contribution is -2.55.